The van der Waals surface area contributed by atoms with Crippen LogP contribution in [0.1, 0.15) is 5.56 Å². The van der Waals surface area contributed by atoms with Crippen molar-refractivity contribution in [3.05, 3.63) is 20.8 Å². The molecule has 1 aliphatic rings. The molecule has 0 saturated carbocycles. The Morgan fingerprint density at radius 1 is 1.67 bits per heavy atom. The topological polar surface area (TPSA) is 61.4 Å². The Balaban J connectivity index is 1.90. The van der Waals surface area contributed by atoms with E-state index in [4.69, 9.17) is 0 Å². The second-order valence-corrected chi connectivity index (χ2v) is 6.48. The van der Waals surface area contributed by atoms with Crippen LogP contribution in [-0.4, -0.2) is 42.9 Å². The highest BCUT2D eigenvalue weighted by Gasteiger charge is 2.26. The number of rotatable bonds is 3. The first-order valence-electron chi connectivity index (χ1n) is 5.54. The first-order chi connectivity index (χ1) is 8.56. The van der Waals surface area contributed by atoms with E-state index in [1.165, 1.54) is 0 Å². The zero-order chi connectivity index (χ0) is 13.1. The standard InChI is InChI=1S/C11H14BrN3O2S/c1-15(5-7-2-9(12)18-6-7)11(17)8-3-14-10(16)4-13-8/h2,6,8,13H,3-5H2,1H3,(H,14,16). The number of hydrogen-bond acceptors (Lipinski definition) is 4. The Labute approximate surface area is 118 Å². The average Bonchev–Trinajstić information content (AvgIpc) is 2.75. The molecule has 1 aromatic heterocycles. The molecule has 2 amide bonds. The van der Waals surface area contributed by atoms with E-state index < -0.39 is 0 Å². The third-order valence-electron chi connectivity index (χ3n) is 2.73. The number of carbonyl (C=O) groups is 2. The van der Waals surface area contributed by atoms with Crippen molar-refractivity contribution >= 4 is 39.1 Å². The number of nitrogens with zero attached hydrogens (tertiary/aromatic N) is 1. The summed E-state index contributed by atoms with van der Waals surface area (Å²) in [6, 6.07) is 1.68. The van der Waals surface area contributed by atoms with Gasteiger partial charge in [0.1, 0.15) is 6.04 Å². The van der Waals surface area contributed by atoms with Gasteiger partial charge in [0, 0.05) is 20.1 Å². The van der Waals surface area contributed by atoms with Crippen LogP contribution in [0, 0.1) is 0 Å². The van der Waals surface area contributed by atoms with Crippen molar-refractivity contribution in [2.24, 2.45) is 0 Å². The molecule has 1 fully saturated rings. The van der Waals surface area contributed by atoms with E-state index in [2.05, 4.69) is 26.6 Å². The van der Waals surface area contributed by atoms with E-state index in [-0.39, 0.29) is 24.4 Å². The molecule has 2 rings (SSSR count). The molecule has 0 spiro atoms. The molecule has 7 heteroatoms. The quantitative estimate of drug-likeness (QED) is 0.850. The summed E-state index contributed by atoms with van der Waals surface area (Å²) in [6.45, 7) is 1.14. The van der Waals surface area contributed by atoms with Gasteiger partial charge in [-0.2, -0.15) is 0 Å². The van der Waals surface area contributed by atoms with Gasteiger partial charge in [-0.25, -0.2) is 0 Å². The molecule has 1 saturated heterocycles. The predicted octanol–water partition coefficient (Wildman–Crippen LogP) is 0.557. The lowest BCUT2D eigenvalue weighted by Gasteiger charge is -2.27. The summed E-state index contributed by atoms with van der Waals surface area (Å²) in [6.07, 6.45) is 0. The largest absolute Gasteiger partial charge is 0.353 e. The molecule has 98 valence electrons. The zero-order valence-electron chi connectivity index (χ0n) is 9.90. The first-order valence-corrected chi connectivity index (χ1v) is 7.21. The van der Waals surface area contributed by atoms with Crippen molar-refractivity contribution in [2.75, 3.05) is 20.1 Å². The van der Waals surface area contributed by atoms with Crippen LogP contribution in [0.25, 0.3) is 0 Å². The van der Waals surface area contributed by atoms with E-state index in [0.29, 0.717) is 13.1 Å². The monoisotopic (exact) mass is 331 g/mol. The normalized spacial score (nSPS) is 19.4. The van der Waals surface area contributed by atoms with Gasteiger partial charge in [0.25, 0.3) is 0 Å². The second-order valence-electron chi connectivity index (χ2n) is 4.19. The van der Waals surface area contributed by atoms with Crippen molar-refractivity contribution in [3.8, 4) is 0 Å². The van der Waals surface area contributed by atoms with Crippen LogP contribution < -0.4 is 10.6 Å². The van der Waals surface area contributed by atoms with E-state index in [9.17, 15) is 9.59 Å². The summed E-state index contributed by atoms with van der Waals surface area (Å²) in [5.41, 5.74) is 1.10. The number of hydrogen-bond donors (Lipinski definition) is 2. The summed E-state index contributed by atoms with van der Waals surface area (Å²) in [4.78, 5) is 24.8. The van der Waals surface area contributed by atoms with Crippen molar-refractivity contribution in [1.82, 2.24) is 15.5 Å². The van der Waals surface area contributed by atoms with Crippen LogP contribution >= 0.6 is 27.3 Å². The smallest absolute Gasteiger partial charge is 0.241 e. The molecular formula is C11H14BrN3O2S. The summed E-state index contributed by atoms with van der Waals surface area (Å²) in [5, 5.41) is 7.63. The number of thiophene rings is 1. The van der Waals surface area contributed by atoms with Crippen LogP contribution in [0.15, 0.2) is 15.2 Å². The molecule has 0 bridgehead atoms. The highest BCUT2D eigenvalue weighted by Crippen LogP contribution is 2.21. The van der Waals surface area contributed by atoms with Crippen molar-refractivity contribution < 1.29 is 9.59 Å². The first kappa shape index (κ1) is 13.5. The minimum absolute atomic E-state index is 0.00248. The molecule has 1 aromatic rings. The summed E-state index contributed by atoms with van der Waals surface area (Å²) >= 11 is 5.00. The summed E-state index contributed by atoms with van der Waals surface area (Å²) in [7, 11) is 1.77. The lowest BCUT2D eigenvalue weighted by atomic mass is 10.2. The minimum Gasteiger partial charge on any atom is -0.353 e. The Kier molecular flexibility index (Phi) is 4.36. The third kappa shape index (κ3) is 3.30. The van der Waals surface area contributed by atoms with E-state index >= 15 is 0 Å². The molecule has 1 atom stereocenters. The third-order valence-corrected chi connectivity index (χ3v) is 4.28. The fraction of sp³-hybridized carbons (Fsp3) is 0.455. The van der Waals surface area contributed by atoms with Gasteiger partial charge in [0.15, 0.2) is 0 Å². The minimum atomic E-state index is -0.324. The molecule has 2 N–H and O–H groups in total. The maximum atomic E-state index is 12.1. The number of carbonyl (C=O) groups excluding carboxylic acids is 2. The van der Waals surface area contributed by atoms with Crippen molar-refractivity contribution in [3.63, 3.8) is 0 Å². The molecule has 18 heavy (non-hydrogen) atoms. The molecule has 0 aromatic carbocycles. The fourth-order valence-electron chi connectivity index (χ4n) is 1.79. The molecule has 0 radical (unpaired) electrons. The Bertz CT molecular complexity index is 453. The number of halogens is 1. The van der Waals surface area contributed by atoms with Crippen LogP contribution in [0.2, 0.25) is 0 Å². The molecule has 1 unspecified atom stereocenters. The predicted molar refractivity (Wildman–Crippen MR) is 73.3 cm³/mol. The van der Waals surface area contributed by atoms with Crippen LogP contribution in [0.4, 0.5) is 0 Å². The van der Waals surface area contributed by atoms with Gasteiger partial charge in [0.2, 0.25) is 11.8 Å². The number of amides is 2. The van der Waals surface area contributed by atoms with Gasteiger partial charge in [-0.15, -0.1) is 11.3 Å². The highest BCUT2D eigenvalue weighted by molar-refractivity contribution is 9.11. The van der Waals surface area contributed by atoms with Crippen LogP contribution in [-0.2, 0) is 16.1 Å². The SMILES string of the molecule is CN(Cc1csc(Br)c1)C(=O)C1CNC(=O)CN1. The van der Waals surface area contributed by atoms with E-state index in [1.54, 1.807) is 23.3 Å². The lowest BCUT2D eigenvalue weighted by molar-refractivity contribution is -0.134. The molecule has 2 heterocycles. The maximum Gasteiger partial charge on any atom is 0.241 e. The zero-order valence-corrected chi connectivity index (χ0v) is 12.3. The molecular weight excluding hydrogens is 318 g/mol. The molecule has 1 aliphatic heterocycles. The fourth-order valence-corrected chi connectivity index (χ4v) is 2.99. The molecule has 5 nitrogen and oxygen atoms in total. The van der Waals surface area contributed by atoms with Gasteiger partial charge in [-0.1, -0.05) is 0 Å². The van der Waals surface area contributed by atoms with Gasteiger partial charge in [0.05, 0.1) is 10.3 Å². The Morgan fingerprint density at radius 2 is 2.44 bits per heavy atom. The maximum absolute atomic E-state index is 12.1. The summed E-state index contributed by atoms with van der Waals surface area (Å²) in [5.74, 6) is -0.0687. The van der Waals surface area contributed by atoms with Gasteiger partial charge < -0.3 is 10.2 Å². The Morgan fingerprint density at radius 3 is 3.00 bits per heavy atom. The average molecular weight is 332 g/mol. The van der Waals surface area contributed by atoms with Crippen LogP contribution in [0.5, 0.6) is 0 Å². The van der Waals surface area contributed by atoms with Gasteiger partial charge in [-0.05, 0) is 32.9 Å². The second kappa shape index (κ2) is 5.81. The summed E-state index contributed by atoms with van der Waals surface area (Å²) < 4.78 is 1.06. The van der Waals surface area contributed by atoms with E-state index in [0.717, 1.165) is 9.35 Å². The lowest BCUT2D eigenvalue weighted by Crippen LogP contribution is -2.58. The highest BCUT2D eigenvalue weighted by atomic mass is 79.9. The van der Waals surface area contributed by atoms with Gasteiger partial charge in [-0.3, -0.25) is 14.9 Å². The van der Waals surface area contributed by atoms with Gasteiger partial charge >= 0.3 is 0 Å². The number of piperazine rings is 1. The number of nitrogens with one attached hydrogen (secondary N) is 2. The van der Waals surface area contributed by atoms with E-state index in [1.807, 2.05) is 11.4 Å². The Hall–Kier alpha value is -0.920. The number of likely N-dealkylation sites (N-methyl/N-ethyl adjacent to an activating group) is 1. The molecule has 0 aliphatic carbocycles. The van der Waals surface area contributed by atoms with Crippen molar-refractivity contribution in [1.29, 1.82) is 0 Å². The van der Waals surface area contributed by atoms with Crippen LogP contribution in [0.3, 0.4) is 0 Å². The van der Waals surface area contributed by atoms with Crippen molar-refractivity contribution in [2.45, 2.75) is 12.6 Å².